The predicted molar refractivity (Wildman–Crippen MR) is 196 cm³/mol. The summed E-state index contributed by atoms with van der Waals surface area (Å²) in [5, 5.41) is 2.35. The van der Waals surface area contributed by atoms with Crippen molar-refractivity contribution in [3.63, 3.8) is 0 Å². The first kappa shape index (κ1) is 28.8. The van der Waals surface area contributed by atoms with E-state index in [9.17, 15) is 0 Å². The SMILES string of the molecule is [C-]#[N+]c1cccc(-c2ccc(-c3ccc4c(-c5cccc(-c6nc(-c7ccccc7)nc(-c7ccccc7)n6)c5)cccc4c3)cc2)c1. The molecule has 1 aromatic heterocycles. The van der Waals surface area contributed by atoms with Crippen LogP contribution in [-0.2, 0) is 0 Å². The highest BCUT2D eigenvalue weighted by Crippen LogP contribution is 2.35. The minimum atomic E-state index is 0.636. The standard InChI is InChI=1S/C44H28N4/c1-45-39-19-9-15-34(29-39)30-21-23-31(24-22-30)35-25-26-41-36(27-35)17-10-20-40(41)37-16-8-18-38(28-37)44-47-42(32-11-4-2-5-12-32)46-43(48-44)33-13-6-3-7-14-33/h2-29H. The summed E-state index contributed by atoms with van der Waals surface area (Å²) in [5.41, 5.74) is 10.2. The molecule has 0 fully saturated rings. The molecule has 0 aliphatic heterocycles. The van der Waals surface area contributed by atoms with Gasteiger partial charge in [-0.3, -0.25) is 0 Å². The molecule has 0 saturated heterocycles. The third-order valence-corrected chi connectivity index (χ3v) is 8.54. The van der Waals surface area contributed by atoms with Crippen LogP contribution in [0.25, 0.3) is 83.2 Å². The zero-order chi connectivity index (χ0) is 32.3. The van der Waals surface area contributed by atoms with Gasteiger partial charge in [-0.25, -0.2) is 19.8 Å². The van der Waals surface area contributed by atoms with Gasteiger partial charge in [0.15, 0.2) is 23.2 Å². The number of fused-ring (bicyclic) bond motifs is 1. The van der Waals surface area contributed by atoms with Crippen LogP contribution in [0.4, 0.5) is 5.69 Å². The highest BCUT2D eigenvalue weighted by molar-refractivity contribution is 5.99. The van der Waals surface area contributed by atoms with E-state index in [1.54, 1.807) is 0 Å². The monoisotopic (exact) mass is 612 g/mol. The summed E-state index contributed by atoms with van der Waals surface area (Å²) in [7, 11) is 0. The Morgan fingerprint density at radius 1 is 0.354 bits per heavy atom. The predicted octanol–water partition coefficient (Wildman–Crippen LogP) is 11.6. The third-order valence-electron chi connectivity index (χ3n) is 8.54. The Morgan fingerprint density at radius 3 is 1.50 bits per heavy atom. The number of rotatable bonds is 6. The quantitative estimate of drug-likeness (QED) is 0.175. The van der Waals surface area contributed by atoms with Gasteiger partial charge < -0.3 is 0 Å². The maximum absolute atomic E-state index is 7.33. The molecular weight excluding hydrogens is 585 g/mol. The Hall–Kier alpha value is -6.70. The fraction of sp³-hybridized carbons (Fsp3) is 0. The molecule has 0 bridgehead atoms. The summed E-state index contributed by atoms with van der Waals surface area (Å²) in [4.78, 5) is 18.3. The first-order valence-electron chi connectivity index (χ1n) is 15.8. The minimum Gasteiger partial charge on any atom is -0.238 e. The van der Waals surface area contributed by atoms with E-state index in [2.05, 4.69) is 89.8 Å². The topological polar surface area (TPSA) is 43.0 Å². The number of hydrogen-bond donors (Lipinski definition) is 0. The van der Waals surface area contributed by atoms with Crippen molar-refractivity contribution in [2.75, 3.05) is 0 Å². The van der Waals surface area contributed by atoms with Crippen molar-refractivity contribution in [1.29, 1.82) is 0 Å². The van der Waals surface area contributed by atoms with Gasteiger partial charge in [0.2, 0.25) is 0 Å². The summed E-state index contributed by atoms with van der Waals surface area (Å²) >= 11 is 0. The molecule has 0 N–H and O–H groups in total. The molecule has 0 atom stereocenters. The molecule has 4 heteroatoms. The van der Waals surface area contributed by atoms with Crippen LogP contribution in [-0.4, -0.2) is 15.0 Å². The van der Waals surface area contributed by atoms with Gasteiger partial charge >= 0.3 is 0 Å². The molecule has 4 nitrogen and oxygen atoms in total. The van der Waals surface area contributed by atoms with Gasteiger partial charge in [-0.1, -0.05) is 152 Å². The van der Waals surface area contributed by atoms with Crippen LogP contribution < -0.4 is 0 Å². The molecule has 1 heterocycles. The van der Waals surface area contributed by atoms with Crippen molar-refractivity contribution in [2.45, 2.75) is 0 Å². The summed E-state index contributed by atoms with van der Waals surface area (Å²) in [6.07, 6.45) is 0. The fourth-order valence-electron chi connectivity index (χ4n) is 6.09. The molecule has 0 radical (unpaired) electrons. The van der Waals surface area contributed by atoms with Crippen LogP contribution >= 0.6 is 0 Å². The van der Waals surface area contributed by atoms with Crippen LogP contribution in [0.1, 0.15) is 0 Å². The van der Waals surface area contributed by atoms with E-state index in [1.165, 1.54) is 10.8 Å². The second-order valence-electron chi connectivity index (χ2n) is 11.6. The molecule has 0 aliphatic rings. The lowest BCUT2D eigenvalue weighted by molar-refractivity contribution is 1.07. The van der Waals surface area contributed by atoms with Gasteiger partial charge in [0.1, 0.15) is 0 Å². The highest BCUT2D eigenvalue weighted by atomic mass is 15.0. The third kappa shape index (κ3) is 5.73. The van der Waals surface area contributed by atoms with Crippen molar-refractivity contribution in [3.8, 4) is 67.5 Å². The Labute approximate surface area is 279 Å². The molecule has 48 heavy (non-hydrogen) atoms. The van der Waals surface area contributed by atoms with Gasteiger partial charge in [0.25, 0.3) is 0 Å². The van der Waals surface area contributed by atoms with E-state index in [0.29, 0.717) is 23.2 Å². The number of nitrogens with zero attached hydrogens (tertiary/aromatic N) is 4. The molecule has 0 unspecified atom stereocenters. The second kappa shape index (κ2) is 12.6. The number of hydrogen-bond acceptors (Lipinski definition) is 3. The van der Waals surface area contributed by atoms with Crippen LogP contribution in [0.15, 0.2) is 170 Å². The van der Waals surface area contributed by atoms with E-state index in [-0.39, 0.29) is 0 Å². The lowest BCUT2D eigenvalue weighted by Gasteiger charge is -2.12. The maximum Gasteiger partial charge on any atom is 0.187 e. The Kier molecular flexibility index (Phi) is 7.54. The molecular formula is C44H28N4. The van der Waals surface area contributed by atoms with E-state index < -0.39 is 0 Å². The molecule has 0 spiro atoms. The van der Waals surface area contributed by atoms with Crippen molar-refractivity contribution >= 4 is 16.5 Å². The van der Waals surface area contributed by atoms with E-state index in [4.69, 9.17) is 21.5 Å². The van der Waals surface area contributed by atoms with Crippen molar-refractivity contribution < 1.29 is 0 Å². The Bertz CT molecular complexity index is 2390. The molecule has 7 aromatic carbocycles. The smallest absolute Gasteiger partial charge is 0.187 e. The highest BCUT2D eigenvalue weighted by Gasteiger charge is 2.14. The fourth-order valence-corrected chi connectivity index (χ4v) is 6.09. The van der Waals surface area contributed by atoms with Crippen molar-refractivity contribution in [2.24, 2.45) is 0 Å². The zero-order valence-corrected chi connectivity index (χ0v) is 26.0. The minimum absolute atomic E-state index is 0.636. The normalized spacial score (nSPS) is 10.9. The van der Waals surface area contributed by atoms with Gasteiger partial charge in [-0.2, -0.15) is 0 Å². The average Bonchev–Trinajstić information content (AvgIpc) is 3.18. The molecule has 0 aliphatic carbocycles. The van der Waals surface area contributed by atoms with Gasteiger partial charge in [0, 0.05) is 16.7 Å². The lowest BCUT2D eigenvalue weighted by Crippen LogP contribution is -2.00. The molecule has 0 amide bonds. The molecule has 224 valence electrons. The van der Waals surface area contributed by atoms with Crippen LogP contribution in [0, 0.1) is 6.57 Å². The number of aromatic nitrogens is 3. The van der Waals surface area contributed by atoms with Gasteiger partial charge in [0.05, 0.1) is 6.57 Å². The summed E-state index contributed by atoms with van der Waals surface area (Å²) < 4.78 is 0. The van der Waals surface area contributed by atoms with Crippen molar-refractivity contribution in [3.05, 3.63) is 181 Å². The van der Waals surface area contributed by atoms with Gasteiger partial charge in [-0.05, 0) is 62.4 Å². The second-order valence-corrected chi connectivity index (χ2v) is 11.6. The Morgan fingerprint density at radius 2 is 0.854 bits per heavy atom. The zero-order valence-electron chi connectivity index (χ0n) is 26.0. The summed E-state index contributed by atoms with van der Waals surface area (Å²) in [5.74, 6) is 1.93. The van der Waals surface area contributed by atoms with Crippen LogP contribution in [0.3, 0.4) is 0 Å². The van der Waals surface area contributed by atoms with E-state index in [0.717, 1.165) is 50.1 Å². The van der Waals surface area contributed by atoms with E-state index >= 15 is 0 Å². The summed E-state index contributed by atoms with van der Waals surface area (Å²) in [6.45, 7) is 7.33. The van der Waals surface area contributed by atoms with Crippen LogP contribution in [0.5, 0.6) is 0 Å². The lowest BCUT2D eigenvalue weighted by atomic mass is 9.94. The Balaban J connectivity index is 1.15. The largest absolute Gasteiger partial charge is 0.238 e. The first-order valence-corrected chi connectivity index (χ1v) is 15.8. The first-order chi connectivity index (χ1) is 23.7. The van der Waals surface area contributed by atoms with Crippen LogP contribution in [0.2, 0.25) is 0 Å². The summed E-state index contributed by atoms with van der Waals surface area (Å²) in [6, 6.07) is 57.9. The molecule has 8 rings (SSSR count). The molecule has 0 saturated carbocycles. The van der Waals surface area contributed by atoms with E-state index in [1.807, 2.05) is 84.9 Å². The molecule has 8 aromatic rings. The maximum atomic E-state index is 7.33. The number of benzene rings is 7. The average molecular weight is 613 g/mol. The van der Waals surface area contributed by atoms with Crippen molar-refractivity contribution in [1.82, 2.24) is 15.0 Å². The van der Waals surface area contributed by atoms with Gasteiger partial charge in [-0.15, -0.1) is 0 Å².